The van der Waals surface area contributed by atoms with Crippen molar-refractivity contribution in [2.45, 2.75) is 13.3 Å². The summed E-state index contributed by atoms with van der Waals surface area (Å²) in [5, 5.41) is 2.39. The molecule has 0 bridgehead atoms. The zero-order valence-electron chi connectivity index (χ0n) is 14.7. The van der Waals surface area contributed by atoms with E-state index < -0.39 is 23.3 Å². The highest BCUT2D eigenvalue weighted by atomic mass is 16.2. The number of anilines is 2. The second-order valence-electron chi connectivity index (χ2n) is 6.98. The highest BCUT2D eigenvalue weighted by molar-refractivity contribution is 6.30. The van der Waals surface area contributed by atoms with Crippen LogP contribution < -0.4 is 15.1 Å². The van der Waals surface area contributed by atoms with Gasteiger partial charge in [0.15, 0.2) is 5.41 Å². The molecule has 4 amide bonds. The molecule has 1 unspecified atom stereocenters. The maximum Gasteiger partial charge on any atom is 0.335 e. The van der Waals surface area contributed by atoms with Crippen molar-refractivity contribution in [1.82, 2.24) is 5.32 Å². The van der Waals surface area contributed by atoms with Crippen LogP contribution in [0.4, 0.5) is 16.2 Å². The standard InChI is InChI=1S/C20H19N3O3/c1-13-8-9-16-14(10-13)11-20(12-22(16)2)17(24)21-19(26)23(18(20)25)15-6-4-3-5-7-15/h3-10H,11-12H2,1-2H3,(H,21,24,26). The van der Waals surface area contributed by atoms with Crippen molar-refractivity contribution < 1.29 is 14.4 Å². The number of fused-ring (bicyclic) bond motifs is 1. The number of imide groups is 2. The van der Waals surface area contributed by atoms with Crippen LogP contribution in [-0.4, -0.2) is 31.4 Å². The minimum absolute atomic E-state index is 0.227. The molecule has 1 atom stereocenters. The van der Waals surface area contributed by atoms with E-state index in [2.05, 4.69) is 5.32 Å². The Kier molecular flexibility index (Phi) is 3.57. The summed E-state index contributed by atoms with van der Waals surface area (Å²) < 4.78 is 0. The second kappa shape index (κ2) is 5.69. The maximum atomic E-state index is 13.4. The minimum Gasteiger partial charge on any atom is -0.373 e. The van der Waals surface area contributed by atoms with Gasteiger partial charge in [-0.3, -0.25) is 14.9 Å². The van der Waals surface area contributed by atoms with Crippen LogP contribution in [0.2, 0.25) is 0 Å². The topological polar surface area (TPSA) is 69.7 Å². The Hall–Kier alpha value is -3.15. The smallest absolute Gasteiger partial charge is 0.335 e. The quantitative estimate of drug-likeness (QED) is 0.802. The maximum absolute atomic E-state index is 13.4. The lowest BCUT2D eigenvalue weighted by Crippen LogP contribution is -2.68. The van der Waals surface area contributed by atoms with Gasteiger partial charge in [-0.15, -0.1) is 0 Å². The van der Waals surface area contributed by atoms with Crippen LogP contribution in [0.5, 0.6) is 0 Å². The van der Waals surface area contributed by atoms with Gasteiger partial charge in [0.25, 0.3) is 5.91 Å². The van der Waals surface area contributed by atoms with Crippen molar-refractivity contribution in [3.8, 4) is 0 Å². The van der Waals surface area contributed by atoms with Crippen molar-refractivity contribution in [2.24, 2.45) is 5.41 Å². The van der Waals surface area contributed by atoms with Gasteiger partial charge in [0.2, 0.25) is 5.91 Å². The van der Waals surface area contributed by atoms with Crippen LogP contribution >= 0.6 is 0 Å². The van der Waals surface area contributed by atoms with Crippen molar-refractivity contribution in [3.63, 3.8) is 0 Å². The van der Waals surface area contributed by atoms with E-state index in [9.17, 15) is 14.4 Å². The van der Waals surface area contributed by atoms with Crippen LogP contribution in [0.25, 0.3) is 0 Å². The van der Waals surface area contributed by atoms with Crippen LogP contribution in [0.3, 0.4) is 0 Å². The Morgan fingerprint density at radius 3 is 2.50 bits per heavy atom. The van der Waals surface area contributed by atoms with Gasteiger partial charge in [-0.05, 0) is 37.1 Å². The van der Waals surface area contributed by atoms with Crippen LogP contribution in [0.15, 0.2) is 48.5 Å². The third-order valence-electron chi connectivity index (χ3n) is 5.13. The number of rotatable bonds is 1. The molecule has 2 aromatic carbocycles. The SMILES string of the molecule is Cc1ccc2c(c1)CC1(CN2C)C(=O)NC(=O)N(c2ccccc2)C1=O. The summed E-state index contributed by atoms with van der Waals surface area (Å²) in [5.74, 6) is -1.00. The molecule has 0 aliphatic carbocycles. The van der Waals surface area contributed by atoms with E-state index >= 15 is 0 Å². The zero-order valence-corrected chi connectivity index (χ0v) is 14.7. The molecular formula is C20H19N3O3. The summed E-state index contributed by atoms with van der Waals surface area (Å²) in [6.07, 6.45) is 0.273. The van der Waals surface area contributed by atoms with Crippen molar-refractivity contribution in [3.05, 3.63) is 59.7 Å². The highest BCUT2D eigenvalue weighted by Gasteiger charge is 2.56. The molecule has 6 nitrogen and oxygen atoms in total. The zero-order chi connectivity index (χ0) is 18.5. The second-order valence-corrected chi connectivity index (χ2v) is 6.98. The number of barbiturate groups is 1. The van der Waals surface area contributed by atoms with Crippen LogP contribution in [0.1, 0.15) is 11.1 Å². The molecule has 0 saturated carbocycles. The van der Waals surface area contributed by atoms with Gasteiger partial charge < -0.3 is 4.90 Å². The minimum atomic E-state index is -1.32. The van der Waals surface area contributed by atoms with Gasteiger partial charge in [-0.2, -0.15) is 0 Å². The molecule has 2 aliphatic rings. The van der Waals surface area contributed by atoms with E-state index in [0.717, 1.165) is 21.7 Å². The largest absolute Gasteiger partial charge is 0.373 e. The highest BCUT2D eigenvalue weighted by Crippen LogP contribution is 2.40. The van der Waals surface area contributed by atoms with Crippen LogP contribution in [-0.2, 0) is 16.0 Å². The summed E-state index contributed by atoms with van der Waals surface area (Å²) in [6.45, 7) is 2.20. The van der Waals surface area contributed by atoms with Crippen molar-refractivity contribution in [2.75, 3.05) is 23.4 Å². The van der Waals surface area contributed by atoms with E-state index in [1.165, 1.54) is 0 Å². The summed E-state index contributed by atoms with van der Waals surface area (Å²) in [7, 11) is 1.86. The lowest BCUT2D eigenvalue weighted by atomic mass is 9.74. The first-order valence-corrected chi connectivity index (χ1v) is 8.48. The molecule has 1 spiro atoms. The van der Waals surface area contributed by atoms with Gasteiger partial charge in [-0.25, -0.2) is 9.69 Å². The molecule has 2 heterocycles. The van der Waals surface area contributed by atoms with E-state index in [4.69, 9.17) is 0 Å². The van der Waals surface area contributed by atoms with Crippen molar-refractivity contribution in [1.29, 1.82) is 0 Å². The Bertz CT molecular complexity index is 925. The fourth-order valence-electron chi connectivity index (χ4n) is 3.88. The average molecular weight is 349 g/mol. The molecule has 26 heavy (non-hydrogen) atoms. The molecule has 1 saturated heterocycles. The number of nitrogens with zero attached hydrogens (tertiary/aromatic N) is 2. The van der Waals surface area contributed by atoms with E-state index in [0.29, 0.717) is 5.69 Å². The molecule has 2 aromatic rings. The number of urea groups is 1. The average Bonchev–Trinajstić information content (AvgIpc) is 2.61. The van der Waals surface area contributed by atoms with Gasteiger partial charge >= 0.3 is 6.03 Å². The number of hydrogen-bond donors (Lipinski definition) is 1. The summed E-state index contributed by atoms with van der Waals surface area (Å²) in [5.41, 5.74) is 2.14. The van der Waals surface area contributed by atoms with Gasteiger partial charge in [0.05, 0.1) is 5.69 Å². The number of carbonyl (C=O) groups excluding carboxylic acids is 3. The fourth-order valence-corrected chi connectivity index (χ4v) is 3.88. The third kappa shape index (κ3) is 2.29. The predicted octanol–water partition coefficient (Wildman–Crippen LogP) is 2.26. The molecule has 0 aromatic heterocycles. The number of para-hydroxylation sites is 1. The Morgan fingerprint density at radius 2 is 1.77 bits per heavy atom. The Labute approximate surface area is 151 Å². The fraction of sp³-hybridized carbons (Fsp3) is 0.250. The van der Waals surface area contributed by atoms with E-state index in [1.54, 1.807) is 24.3 Å². The number of aryl methyl sites for hydroxylation is 1. The van der Waals surface area contributed by atoms with E-state index in [1.807, 2.05) is 43.1 Å². The van der Waals surface area contributed by atoms with Crippen molar-refractivity contribution >= 4 is 29.2 Å². The lowest BCUT2D eigenvalue weighted by Gasteiger charge is -2.45. The molecule has 0 radical (unpaired) electrons. The van der Waals surface area contributed by atoms with Gasteiger partial charge in [-0.1, -0.05) is 35.9 Å². The Morgan fingerprint density at radius 1 is 1.04 bits per heavy atom. The molecular weight excluding hydrogens is 330 g/mol. The normalized spacial score (nSPS) is 22.5. The molecule has 1 N–H and O–H groups in total. The lowest BCUT2D eigenvalue weighted by molar-refractivity contribution is -0.142. The van der Waals surface area contributed by atoms with Gasteiger partial charge in [0, 0.05) is 19.3 Å². The number of carbonyl (C=O) groups is 3. The third-order valence-corrected chi connectivity index (χ3v) is 5.13. The van der Waals surface area contributed by atoms with E-state index in [-0.39, 0.29) is 13.0 Å². The predicted molar refractivity (Wildman–Crippen MR) is 98.1 cm³/mol. The van der Waals surface area contributed by atoms with Gasteiger partial charge in [0.1, 0.15) is 0 Å². The number of nitrogens with one attached hydrogen (secondary N) is 1. The molecule has 2 aliphatic heterocycles. The molecule has 6 heteroatoms. The molecule has 4 rings (SSSR count). The number of amides is 4. The Balaban J connectivity index is 1.81. The first kappa shape index (κ1) is 16.3. The number of benzene rings is 2. The molecule has 1 fully saturated rings. The first-order chi connectivity index (χ1) is 12.4. The monoisotopic (exact) mass is 349 g/mol. The van der Waals surface area contributed by atoms with Crippen LogP contribution in [0, 0.1) is 12.3 Å². The summed E-state index contributed by atoms with van der Waals surface area (Å²) in [4.78, 5) is 41.6. The summed E-state index contributed by atoms with van der Waals surface area (Å²) in [6, 6.07) is 14.0. The first-order valence-electron chi connectivity index (χ1n) is 8.48. The molecule has 132 valence electrons. The number of hydrogen-bond acceptors (Lipinski definition) is 4. The summed E-state index contributed by atoms with van der Waals surface area (Å²) >= 11 is 0.